The topological polar surface area (TPSA) is 55.4 Å². The van der Waals surface area contributed by atoms with Crippen molar-refractivity contribution in [1.82, 2.24) is 0 Å². The maximum absolute atomic E-state index is 5.94. The first-order chi connectivity index (χ1) is 14.5. The Hall–Kier alpha value is -1.44. The highest BCUT2D eigenvalue weighted by atomic mass is 16.7. The lowest BCUT2D eigenvalue weighted by atomic mass is 9.93. The normalized spacial score (nSPS) is 14.3. The molecule has 0 aromatic heterocycles. The summed E-state index contributed by atoms with van der Waals surface area (Å²) in [6.45, 7) is 10.1. The van der Waals surface area contributed by atoms with Gasteiger partial charge < -0.3 is 28.4 Å². The number of ether oxygens (including phenoxy) is 6. The van der Waals surface area contributed by atoms with Gasteiger partial charge in [-0.1, -0.05) is 44.6 Å². The minimum atomic E-state index is -0.0792. The van der Waals surface area contributed by atoms with Gasteiger partial charge in [-0.05, 0) is 42.9 Å². The minimum Gasteiger partial charge on any atom is -0.497 e. The zero-order valence-corrected chi connectivity index (χ0v) is 19.4. The van der Waals surface area contributed by atoms with E-state index >= 15 is 0 Å². The van der Waals surface area contributed by atoms with Crippen LogP contribution in [-0.4, -0.2) is 53.7 Å². The van der Waals surface area contributed by atoms with Gasteiger partial charge in [0.15, 0.2) is 0 Å². The van der Waals surface area contributed by atoms with Crippen molar-refractivity contribution in [2.45, 2.75) is 58.3 Å². The van der Waals surface area contributed by atoms with Crippen LogP contribution in [0.3, 0.4) is 0 Å². The molecule has 3 atom stereocenters. The van der Waals surface area contributed by atoms with Gasteiger partial charge in [-0.3, -0.25) is 0 Å². The van der Waals surface area contributed by atoms with Gasteiger partial charge in [0, 0.05) is 14.2 Å². The molecule has 0 bridgehead atoms. The lowest BCUT2D eigenvalue weighted by Gasteiger charge is -2.26. The first-order valence-corrected chi connectivity index (χ1v) is 10.6. The summed E-state index contributed by atoms with van der Waals surface area (Å²) in [5.74, 6) is 1.08. The maximum Gasteiger partial charge on any atom is 0.146 e. The van der Waals surface area contributed by atoms with E-state index in [0.717, 1.165) is 42.6 Å². The molecule has 0 aliphatic heterocycles. The molecule has 0 saturated heterocycles. The molecule has 0 N–H and O–H groups in total. The number of methoxy groups -OCH3 is 3. The Bertz CT molecular complexity index is 559. The van der Waals surface area contributed by atoms with E-state index in [1.165, 1.54) is 0 Å². The molecule has 0 radical (unpaired) electrons. The Morgan fingerprint density at radius 2 is 1.63 bits per heavy atom. The molecule has 0 amide bonds. The quantitative estimate of drug-likeness (QED) is 0.245. The molecule has 0 aliphatic carbocycles. The molecular weight excluding hydrogens is 384 g/mol. The number of benzene rings is 1. The summed E-state index contributed by atoms with van der Waals surface area (Å²) in [5.41, 5.74) is 2.24. The minimum absolute atomic E-state index is 0.0792. The Labute approximate surface area is 182 Å². The van der Waals surface area contributed by atoms with Gasteiger partial charge in [0.25, 0.3) is 0 Å². The highest BCUT2D eigenvalue weighted by Crippen LogP contribution is 2.23. The largest absolute Gasteiger partial charge is 0.497 e. The zero-order valence-electron chi connectivity index (χ0n) is 19.4. The number of hydrogen-bond donors (Lipinski definition) is 0. The SMILES string of the molecule is C=C(C[C@@H](CCC)OCOC)C[C@@H](C)[C@@H](COCc1ccc(OC)cc1)OCOC. The van der Waals surface area contributed by atoms with Crippen LogP contribution in [0, 0.1) is 5.92 Å². The summed E-state index contributed by atoms with van der Waals surface area (Å²) in [7, 11) is 4.93. The summed E-state index contributed by atoms with van der Waals surface area (Å²) in [4.78, 5) is 0. The van der Waals surface area contributed by atoms with E-state index in [-0.39, 0.29) is 24.9 Å². The van der Waals surface area contributed by atoms with Crippen molar-refractivity contribution in [2.75, 3.05) is 41.5 Å². The third-order valence-corrected chi connectivity index (χ3v) is 4.90. The Balaban J connectivity index is 2.52. The van der Waals surface area contributed by atoms with Gasteiger partial charge in [-0.2, -0.15) is 0 Å². The van der Waals surface area contributed by atoms with Crippen molar-refractivity contribution < 1.29 is 28.4 Å². The highest BCUT2D eigenvalue weighted by molar-refractivity contribution is 5.26. The van der Waals surface area contributed by atoms with Gasteiger partial charge in [-0.25, -0.2) is 0 Å². The van der Waals surface area contributed by atoms with E-state index in [2.05, 4.69) is 20.4 Å². The van der Waals surface area contributed by atoms with Gasteiger partial charge in [-0.15, -0.1) is 0 Å². The summed E-state index contributed by atoms with van der Waals surface area (Å²) in [6.07, 6.45) is 3.78. The second-order valence-corrected chi connectivity index (χ2v) is 7.59. The molecule has 0 spiro atoms. The monoisotopic (exact) mass is 424 g/mol. The van der Waals surface area contributed by atoms with Crippen LogP contribution >= 0.6 is 0 Å². The van der Waals surface area contributed by atoms with Crippen LogP contribution in [0.2, 0.25) is 0 Å². The van der Waals surface area contributed by atoms with Crippen molar-refractivity contribution in [3.05, 3.63) is 42.0 Å². The van der Waals surface area contributed by atoms with E-state index in [1.54, 1.807) is 21.3 Å². The van der Waals surface area contributed by atoms with Gasteiger partial charge >= 0.3 is 0 Å². The molecule has 6 heteroatoms. The summed E-state index contributed by atoms with van der Waals surface area (Å²) >= 11 is 0. The Morgan fingerprint density at radius 1 is 0.967 bits per heavy atom. The molecular formula is C24H40O6. The predicted molar refractivity (Wildman–Crippen MR) is 119 cm³/mol. The van der Waals surface area contributed by atoms with E-state index in [0.29, 0.717) is 20.0 Å². The van der Waals surface area contributed by atoms with Crippen molar-refractivity contribution in [3.8, 4) is 5.75 Å². The van der Waals surface area contributed by atoms with E-state index in [9.17, 15) is 0 Å². The standard InChI is InChI=1S/C24H40O6/c1-7-8-23(29-17-25-4)14-19(2)13-20(3)24(30-18-26-5)16-28-15-21-9-11-22(27-6)12-10-21/h9-12,20,23-24H,2,7-8,13-18H2,1,3-6H3/t20-,23-,24-/m1/s1. The first kappa shape index (κ1) is 26.6. The molecule has 30 heavy (non-hydrogen) atoms. The molecule has 0 aliphatic rings. The second-order valence-electron chi connectivity index (χ2n) is 7.59. The molecule has 172 valence electrons. The van der Waals surface area contributed by atoms with Crippen molar-refractivity contribution >= 4 is 0 Å². The predicted octanol–water partition coefficient (Wildman–Crippen LogP) is 4.96. The second kappa shape index (κ2) is 16.3. The fraction of sp³-hybridized carbons (Fsp3) is 0.667. The van der Waals surface area contributed by atoms with Crippen LogP contribution in [0.15, 0.2) is 36.4 Å². The smallest absolute Gasteiger partial charge is 0.146 e. The summed E-state index contributed by atoms with van der Waals surface area (Å²) < 4.78 is 32.9. The van der Waals surface area contributed by atoms with Gasteiger partial charge in [0.1, 0.15) is 19.3 Å². The summed E-state index contributed by atoms with van der Waals surface area (Å²) in [6, 6.07) is 7.87. The molecule has 1 aromatic rings. The average molecular weight is 425 g/mol. The number of rotatable bonds is 18. The van der Waals surface area contributed by atoms with Crippen molar-refractivity contribution in [3.63, 3.8) is 0 Å². The van der Waals surface area contributed by atoms with Crippen LogP contribution in [-0.2, 0) is 30.3 Å². The molecule has 0 heterocycles. The molecule has 6 nitrogen and oxygen atoms in total. The van der Waals surface area contributed by atoms with Crippen LogP contribution in [0.5, 0.6) is 5.75 Å². The Morgan fingerprint density at radius 3 is 2.23 bits per heavy atom. The average Bonchev–Trinajstić information content (AvgIpc) is 2.74. The van der Waals surface area contributed by atoms with Gasteiger partial charge in [0.2, 0.25) is 0 Å². The highest BCUT2D eigenvalue weighted by Gasteiger charge is 2.21. The molecule has 0 saturated carbocycles. The summed E-state index contributed by atoms with van der Waals surface area (Å²) in [5, 5.41) is 0. The maximum atomic E-state index is 5.94. The van der Waals surface area contributed by atoms with E-state index < -0.39 is 0 Å². The molecule has 0 unspecified atom stereocenters. The zero-order chi connectivity index (χ0) is 22.2. The lowest BCUT2D eigenvalue weighted by Crippen LogP contribution is -2.29. The molecule has 1 rings (SSSR count). The first-order valence-electron chi connectivity index (χ1n) is 10.6. The lowest BCUT2D eigenvalue weighted by molar-refractivity contribution is -0.116. The third-order valence-electron chi connectivity index (χ3n) is 4.90. The van der Waals surface area contributed by atoms with E-state index in [1.807, 2.05) is 24.3 Å². The fourth-order valence-corrected chi connectivity index (χ4v) is 3.27. The third kappa shape index (κ3) is 11.1. The van der Waals surface area contributed by atoms with E-state index in [4.69, 9.17) is 28.4 Å². The van der Waals surface area contributed by atoms with Crippen LogP contribution in [0.1, 0.15) is 45.1 Å². The molecule has 1 aromatic carbocycles. The van der Waals surface area contributed by atoms with Crippen LogP contribution in [0.25, 0.3) is 0 Å². The number of hydrogen-bond acceptors (Lipinski definition) is 6. The van der Waals surface area contributed by atoms with Crippen molar-refractivity contribution in [1.29, 1.82) is 0 Å². The van der Waals surface area contributed by atoms with Crippen LogP contribution < -0.4 is 4.74 Å². The van der Waals surface area contributed by atoms with Gasteiger partial charge in [0.05, 0.1) is 32.5 Å². The Kier molecular flexibility index (Phi) is 14.4. The van der Waals surface area contributed by atoms with Crippen molar-refractivity contribution in [2.24, 2.45) is 5.92 Å². The molecule has 0 fully saturated rings. The fourth-order valence-electron chi connectivity index (χ4n) is 3.27. The van der Waals surface area contributed by atoms with Crippen LogP contribution in [0.4, 0.5) is 0 Å².